The van der Waals surface area contributed by atoms with Crippen molar-refractivity contribution >= 4 is 22.6 Å². The van der Waals surface area contributed by atoms with Crippen molar-refractivity contribution in [1.29, 1.82) is 0 Å². The largest absolute Gasteiger partial charge is 0.481 e. The highest BCUT2D eigenvalue weighted by molar-refractivity contribution is 6.31. The molecule has 0 fully saturated rings. The Labute approximate surface area is 109 Å². The van der Waals surface area contributed by atoms with Gasteiger partial charge in [0.25, 0.3) is 0 Å². The summed E-state index contributed by atoms with van der Waals surface area (Å²) in [7, 11) is 1.60. The van der Waals surface area contributed by atoms with Crippen molar-refractivity contribution in [2.24, 2.45) is 0 Å². The molecule has 0 unspecified atom stereocenters. The molecule has 0 amide bonds. The standard InChI is InChI=1S/C13H10ClN3O/c1-18-12-4-2-3-11(17-12)10-7-16-13-9(10)5-8(14)6-15-13/h2-7H,1H3,(H,15,16). The zero-order chi connectivity index (χ0) is 12.5. The average Bonchev–Trinajstić information content (AvgIpc) is 2.81. The Balaban J connectivity index is 2.21. The second-order valence-corrected chi connectivity index (χ2v) is 4.25. The molecule has 0 aromatic carbocycles. The predicted molar refractivity (Wildman–Crippen MR) is 70.9 cm³/mol. The van der Waals surface area contributed by atoms with Gasteiger partial charge in [-0.3, -0.25) is 0 Å². The monoisotopic (exact) mass is 259 g/mol. The van der Waals surface area contributed by atoms with Gasteiger partial charge in [-0.1, -0.05) is 17.7 Å². The van der Waals surface area contributed by atoms with Crippen LogP contribution in [-0.2, 0) is 0 Å². The van der Waals surface area contributed by atoms with Crippen molar-refractivity contribution < 1.29 is 4.74 Å². The molecule has 18 heavy (non-hydrogen) atoms. The number of rotatable bonds is 2. The zero-order valence-corrected chi connectivity index (χ0v) is 10.4. The van der Waals surface area contributed by atoms with Gasteiger partial charge in [-0.05, 0) is 12.1 Å². The molecule has 0 bridgehead atoms. The van der Waals surface area contributed by atoms with E-state index in [0.29, 0.717) is 10.9 Å². The summed E-state index contributed by atoms with van der Waals surface area (Å²) in [6.07, 6.45) is 3.49. The Morgan fingerprint density at radius 1 is 1.33 bits per heavy atom. The second-order valence-electron chi connectivity index (χ2n) is 3.82. The van der Waals surface area contributed by atoms with Gasteiger partial charge < -0.3 is 9.72 Å². The number of aromatic nitrogens is 3. The molecule has 0 atom stereocenters. The first kappa shape index (κ1) is 11.0. The van der Waals surface area contributed by atoms with Crippen molar-refractivity contribution in [3.05, 3.63) is 41.7 Å². The SMILES string of the molecule is COc1cccc(-c2c[nH]c3ncc(Cl)cc23)n1. The summed E-state index contributed by atoms with van der Waals surface area (Å²) in [4.78, 5) is 11.7. The number of pyridine rings is 2. The molecule has 4 nitrogen and oxygen atoms in total. The first-order chi connectivity index (χ1) is 8.78. The topological polar surface area (TPSA) is 50.8 Å². The van der Waals surface area contributed by atoms with Gasteiger partial charge in [0.15, 0.2) is 0 Å². The molecule has 0 aliphatic carbocycles. The van der Waals surface area contributed by atoms with E-state index < -0.39 is 0 Å². The number of aromatic amines is 1. The molecule has 0 radical (unpaired) electrons. The van der Waals surface area contributed by atoms with E-state index in [1.165, 1.54) is 0 Å². The highest BCUT2D eigenvalue weighted by Crippen LogP contribution is 2.28. The minimum Gasteiger partial charge on any atom is -0.481 e. The number of nitrogens with one attached hydrogen (secondary N) is 1. The molecule has 3 rings (SSSR count). The van der Waals surface area contributed by atoms with Gasteiger partial charge in [-0.2, -0.15) is 0 Å². The first-order valence-electron chi connectivity index (χ1n) is 5.42. The lowest BCUT2D eigenvalue weighted by atomic mass is 10.1. The lowest BCUT2D eigenvalue weighted by molar-refractivity contribution is 0.398. The van der Waals surface area contributed by atoms with Crippen molar-refractivity contribution in [2.45, 2.75) is 0 Å². The van der Waals surface area contributed by atoms with E-state index in [2.05, 4.69) is 15.0 Å². The van der Waals surface area contributed by atoms with Crippen LogP contribution < -0.4 is 4.74 Å². The third-order valence-corrected chi connectivity index (χ3v) is 2.91. The number of ether oxygens (including phenoxy) is 1. The van der Waals surface area contributed by atoms with Crippen LogP contribution in [0.2, 0.25) is 5.02 Å². The van der Waals surface area contributed by atoms with Gasteiger partial charge in [0.05, 0.1) is 17.8 Å². The van der Waals surface area contributed by atoms with Crippen LogP contribution in [0.1, 0.15) is 0 Å². The Hall–Kier alpha value is -2.07. The second kappa shape index (κ2) is 4.31. The Morgan fingerprint density at radius 2 is 2.22 bits per heavy atom. The van der Waals surface area contributed by atoms with Crippen molar-refractivity contribution in [2.75, 3.05) is 7.11 Å². The highest BCUT2D eigenvalue weighted by Gasteiger charge is 2.09. The molecule has 3 aromatic heterocycles. The number of nitrogens with zero attached hydrogens (tertiary/aromatic N) is 2. The van der Waals surface area contributed by atoms with Gasteiger partial charge in [-0.15, -0.1) is 0 Å². The summed E-state index contributed by atoms with van der Waals surface area (Å²) in [6, 6.07) is 7.50. The van der Waals surface area contributed by atoms with Gasteiger partial charge in [-0.25, -0.2) is 9.97 Å². The molecule has 5 heteroatoms. The molecule has 3 heterocycles. The maximum absolute atomic E-state index is 5.97. The van der Waals surface area contributed by atoms with Crippen LogP contribution in [0, 0.1) is 0 Å². The van der Waals surface area contributed by atoms with Crippen LogP contribution in [0.5, 0.6) is 5.88 Å². The molecule has 0 saturated carbocycles. The molecule has 90 valence electrons. The molecule has 0 aliphatic heterocycles. The van der Waals surface area contributed by atoms with Gasteiger partial charge >= 0.3 is 0 Å². The van der Waals surface area contributed by atoms with E-state index in [-0.39, 0.29) is 0 Å². The normalized spacial score (nSPS) is 10.8. The smallest absolute Gasteiger partial charge is 0.213 e. The van der Waals surface area contributed by atoms with E-state index in [9.17, 15) is 0 Å². The summed E-state index contributed by atoms with van der Waals surface area (Å²) < 4.78 is 5.13. The minimum absolute atomic E-state index is 0.580. The highest BCUT2D eigenvalue weighted by atomic mass is 35.5. The molecular weight excluding hydrogens is 250 g/mol. The lowest BCUT2D eigenvalue weighted by Gasteiger charge is -2.02. The summed E-state index contributed by atoms with van der Waals surface area (Å²) in [5, 5.41) is 1.55. The fourth-order valence-electron chi connectivity index (χ4n) is 1.87. The van der Waals surface area contributed by atoms with E-state index in [1.54, 1.807) is 13.3 Å². The number of methoxy groups -OCH3 is 1. The maximum Gasteiger partial charge on any atom is 0.213 e. The minimum atomic E-state index is 0.580. The van der Waals surface area contributed by atoms with Crippen LogP contribution >= 0.6 is 11.6 Å². The number of hydrogen-bond acceptors (Lipinski definition) is 3. The average molecular weight is 260 g/mol. The number of fused-ring (bicyclic) bond motifs is 1. The molecule has 0 spiro atoms. The van der Waals surface area contributed by atoms with Gasteiger partial charge in [0.1, 0.15) is 5.65 Å². The third kappa shape index (κ3) is 1.80. The van der Waals surface area contributed by atoms with Crippen molar-refractivity contribution in [3.63, 3.8) is 0 Å². The summed E-state index contributed by atoms with van der Waals surface area (Å²) in [5.74, 6) is 0.580. The Kier molecular flexibility index (Phi) is 2.64. The van der Waals surface area contributed by atoms with E-state index in [0.717, 1.165) is 22.3 Å². The van der Waals surface area contributed by atoms with E-state index in [1.807, 2.05) is 30.5 Å². The van der Waals surface area contributed by atoms with Gasteiger partial charge in [0, 0.05) is 29.4 Å². The van der Waals surface area contributed by atoms with Crippen LogP contribution in [0.25, 0.3) is 22.3 Å². The summed E-state index contributed by atoms with van der Waals surface area (Å²) >= 11 is 5.97. The summed E-state index contributed by atoms with van der Waals surface area (Å²) in [5.41, 5.74) is 2.57. The molecule has 0 saturated heterocycles. The number of halogens is 1. The first-order valence-corrected chi connectivity index (χ1v) is 5.80. The van der Waals surface area contributed by atoms with Gasteiger partial charge in [0.2, 0.25) is 5.88 Å². The van der Waals surface area contributed by atoms with Crippen LogP contribution in [-0.4, -0.2) is 22.1 Å². The van der Waals surface area contributed by atoms with Crippen LogP contribution in [0.4, 0.5) is 0 Å². The molecule has 1 N–H and O–H groups in total. The fraction of sp³-hybridized carbons (Fsp3) is 0.0769. The third-order valence-electron chi connectivity index (χ3n) is 2.71. The van der Waals surface area contributed by atoms with Crippen LogP contribution in [0.15, 0.2) is 36.7 Å². The van der Waals surface area contributed by atoms with Crippen LogP contribution in [0.3, 0.4) is 0 Å². The maximum atomic E-state index is 5.97. The Morgan fingerprint density at radius 3 is 3.06 bits per heavy atom. The molecule has 3 aromatic rings. The lowest BCUT2D eigenvalue weighted by Crippen LogP contribution is -1.88. The zero-order valence-electron chi connectivity index (χ0n) is 9.64. The fourth-order valence-corrected chi connectivity index (χ4v) is 2.03. The number of hydrogen-bond donors (Lipinski definition) is 1. The van der Waals surface area contributed by atoms with E-state index >= 15 is 0 Å². The number of H-pyrrole nitrogens is 1. The molecule has 0 aliphatic rings. The predicted octanol–water partition coefficient (Wildman–Crippen LogP) is 3.29. The summed E-state index contributed by atoms with van der Waals surface area (Å²) in [6.45, 7) is 0. The quantitative estimate of drug-likeness (QED) is 0.768. The van der Waals surface area contributed by atoms with Crippen molar-refractivity contribution in [1.82, 2.24) is 15.0 Å². The Bertz CT molecular complexity index is 708. The molecular formula is C13H10ClN3O. The van der Waals surface area contributed by atoms with E-state index in [4.69, 9.17) is 16.3 Å². The van der Waals surface area contributed by atoms with Crippen molar-refractivity contribution in [3.8, 4) is 17.1 Å².